The van der Waals surface area contributed by atoms with Crippen LogP contribution in [0.3, 0.4) is 0 Å². The van der Waals surface area contributed by atoms with E-state index in [0.717, 1.165) is 61.2 Å². The summed E-state index contributed by atoms with van der Waals surface area (Å²) in [6.07, 6.45) is 0. The summed E-state index contributed by atoms with van der Waals surface area (Å²) in [5.74, 6) is 1.84. The van der Waals surface area contributed by atoms with Crippen LogP contribution in [0.4, 0.5) is 0 Å². The first-order chi connectivity index (χ1) is 29.7. The summed E-state index contributed by atoms with van der Waals surface area (Å²) in [5.41, 5.74) is 16.3. The van der Waals surface area contributed by atoms with Crippen LogP contribution in [0.2, 0.25) is 0 Å². The molecule has 0 aliphatic heterocycles. The number of rotatable bonds is 9. The van der Waals surface area contributed by atoms with Gasteiger partial charge in [-0.25, -0.2) is 15.0 Å². The highest BCUT2D eigenvalue weighted by Crippen LogP contribution is 2.37. The normalized spacial score (nSPS) is 11.0. The molecule has 0 radical (unpaired) electrons. The standard InChI is InChI=1S/C57H39N3/c1-6-16-40(17-7-1)44-26-30-46(31-27-44)51-34-49(42-20-10-3-11-21-42)36-53(38-51)56-58-55(48-24-14-5-15-25-48)59-57(60-56)54-37-50(43-22-12-4-13-23-43)35-52(39-54)47-32-28-45(29-33-47)41-18-8-2-9-19-41/h1-39H. The molecule has 0 fully saturated rings. The molecule has 0 atom stereocenters. The van der Waals surface area contributed by atoms with Crippen molar-refractivity contribution in [3.05, 3.63) is 237 Å². The van der Waals surface area contributed by atoms with Crippen LogP contribution >= 0.6 is 0 Å². The molecule has 60 heavy (non-hydrogen) atoms. The van der Waals surface area contributed by atoms with E-state index in [9.17, 15) is 0 Å². The summed E-state index contributed by atoms with van der Waals surface area (Å²) >= 11 is 0. The molecular formula is C57H39N3. The number of benzene rings is 9. The molecule has 1 aromatic heterocycles. The molecule has 1 heterocycles. The van der Waals surface area contributed by atoms with Crippen molar-refractivity contribution in [2.24, 2.45) is 0 Å². The van der Waals surface area contributed by atoms with Crippen LogP contribution in [0, 0.1) is 0 Å². The lowest BCUT2D eigenvalue weighted by Gasteiger charge is -2.14. The van der Waals surface area contributed by atoms with Crippen molar-refractivity contribution < 1.29 is 0 Å². The van der Waals surface area contributed by atoms with Gasteiger partial charge in [-0.15, -0.1) is 0 Å². The van der Waals surface area contributed by atoms with Gasteiger partial charge in [-0.1, -0.05) is 200 Å². The van der Waals surface area contributed by atoms with E-state index in [4.69, 9.17) is 15.0 Å². The van der Waals surface area contributed by atoms with E-state index >= 15 is 0 Å². The maximum atomic E-state index is 5.32. The van der Waals surface area contributed by atoms with Crippen molar-refractivity contribution in [2.75, 3.05) is 0 Å². The highest BCUT2D eigenvalue weighted by atomic mass is 15.0. The maximum absolute atomic E-state index is 5.32. The highest BCUT2D eigenvalue weighted by Gasteiger charge is 2.17. The van der Waals surface area contributed by atoms with Crippen molar-refractivity contribution in [2.45, 2.75) is 0 Å². The Morgan fingerprint density at radius 1 is 0.150 bits per heavy atom. The van der Waals surface area contributed by atoms with Crippen LogP contribution in [0.25, 0.3) is 101 Å². The smallest absolute Gasteiger partial charge is 0.164 e. The van der Waals surface area contributed by atoms with E-state index in [0.29, 0.717) is 17.5 Å². The molecule has 0 N–H and O–H groups in total. The van der Waals surface area contributed by atoms with Gasteiger partial charge in [0.05, 0.1) is 0 Å². The van der Waals surface area contributed by atoms with Crippen molar-refractivity contribution in [3.63, 3.8) is 0 Å². The Kier molecular flexibility index (Phi) is 9.97. The number of hydrogen-bond donors (Lipinski definition) is 0. The quantitative estimate of drug-likeness (QED) is 0.147. The van der Waals surface area contributed by atoms with Gasteiger partial charge in [0.15, 0.2) is 17.5 Å². The first-order valence-corrected chi connectivity index (χ1v) is 20.3. The second-order valence-corrected chi connectivity index (χ2v) is 14.9. The van der Waals surface area contributed by atoms with Crippen LogP contribution in [0.15, 0.2) is 237 Å². The van der Waals surface area contributed by atoms with E-state index in [1.807, 2.05) is 30.3 Å². The molecule has 3 heteroatoms. The predicted octanol–water partition coefficient (Wildman–Crippen LogP) is 14.9. The zero-order chi connectivity index (χ0) is 40.1. The van der Waals surface area contributed by atoms with Gasteiger partial charge in [0.1, 0.15) is 0 Å². The van der Waals surface area contributed by atoms with E-state index in [-0.39, 0.29) is 0 Å². The fourth-order valence-corrected chi connectivity index (χ4v) is 7.76. The highest BCUT2D eigenvalue weighted by molar-refractivity contribution is 5.84. The summed E-state index contributed by atoms with van der Waals surface area (Å²) in [5, 5.41) is 0. The Bertz CT molecular complexity index is 2830. The first kappa shape index (κ1) is 36.3. The van der Waals surface area contributed by atoms with Crippen LogP contribution in [0.1, 0.15) is 0 Å². The minimum absolute atomic E-state index is 0.609. The molecule has 10 aromatic rings. The van der Waals surface area contributed by atoms with Gasteiger partial charge in [-0.3, -0.25) is 0 Å². The zero-order valence-corrected chi connectivity index (χ0v) is 32.9. The third-order valence-electron chi connectivity index (χ3n) is 10.9. The molecular weight excluding hydrogens is 727 g/mol. The summed E-state index contributed by atoms with van der Waals surface area (Å²) in [6.45, 7) is 0. The van der Waals surface area contributed by atoms with Crippen LogP contribution in [-0.2, 0) is 0 Å². The minimum atomic E-state index is 0.609. The fourth-order valence-electron chi connectivity index (χ4n) is 7.76. The van der Waals surface area contributed by atoms with Gasteiger partial charge in [0, 0.05) is 16.7 Å². The Morgan fingerprint density at radius 3 is 0.617 bits per heavy atom. The van der Waals surface area contributed by atoms with E-state index in [1.54, 1.807) is 0 Å². The Balaban J connectivity index is 1.14. The summed E-state index contributed by atoms with van der Waals surface area (Å²) in [7, 11) is 0. The molecule has 0 aliphatic carbocycles. The average molecular weight is 766 g/mol. The molecule has 10 rings (SSSR count). The first-order valence-electron chi connectivity index (χ1n) is 20.3. The third kappa shape index (κ3) is 7.80. The van der Waals surface area contributed by atoms with Gasteiger partial charge < -0.3 is 0 Å². The molecule has 0 bridgehead atoms. The third-order valence-corrected chi connectivity index (χ3v) is 10.9. The second-order valence-electron chi connectivity index (χ2n) is 14.9. The molecule has 0 saturated carbocycles. The molecule has 282 valence electrons. The molecule has 0 spiro atoms. The van der Waals surface area contributed by atoms with Gasteiger partial charge >= 0.3 is 0 Å². The summed E-state index contributed by atoms with van der Waals surface area (Å²) in [6, 6.07) is 83.1. The van der Waals surface area contributed by atoms with E-state index in [1.165, 1.54) is 22.3 Å². The Morgan fingerprint density at radius 2 is 0.333 bits per heavy atom. The monoisotopic (exact) mass is 765 g/mol. The Hall–Kier alpha value is -8.01. The van der Waals surface area contributed by atoms with Crippen molar-refractivity contribution in [3.8, 4) is 101 Å². The van der Waals surface area contributed by atoms with Crippen molar-refractivity contribution in [1.82, 2.24) is 15.0 Å². The predicted molar refractivity (Wildman–Crippen MR) is 249 cm³/mol. The van der Waals surface area contributed by atoms with Gasteiger partial charge in [0.2, 0.25) is 0 Å². The SMILES string of the molecule is c1ccc(-c2ccc(-c3cc(-c4ccccc4)cc(-c4nc(-c5ccccc5)nc(-c5cc(-c6ccccc6)cc(-c6ccc(-c7ccccc7)cc6)c5)n4)c3)cc2)cc1. The lowest BCUT2D eigenvalue weighted by atomic mass is 9.94. The molecule has 0 aliphatic rings. The number of hydrogen-bond acceptors (Lipinski definition) is 3. The van der Waals surface area contributed by atoms with Crippen molar-refractivity contribution >= 4 is 0 Å². The lowest BCUT2D eigenvalue weighted by molar-refractivity contribution is 1.07. The lowest BCUT2D eigenvalue weighted by Crippen LogP contribution is -2.01. The maximum Gasteiger partial charge on any atom is 0.164 e. The number of nitrogens with zero attached hydrogens (tertiary/aromatic N) is 3. The van der Waals surface area contributed by atoms with Crippen molar-refractivity contribution in [1.29, 1.82) is 0 Å². The van der Waals surface area contributed by atoms with Gasteiger partial charge in [-0.05, 0) is 103 Å². The van der Waals surface area contributed by atoms with E-state index in [2.05, 4.69) is 206 Å². The van der Waals surface area contributed by atoms with Crippen LogP contribution < -0.4 is 0 Å². The molecule has 0 unspecified atom stereocenters. The summed E-state index contributed by atoms with van der Waals surface area (Å²) in [4.78, 5) is 15.7. The fraction of sp³-hybridized carbons (Fsp3) is 0. The zero-order valence-electron chi connectivity index (χ0n) is 32.9. The molecule has 3 nitrogen and oxygen atoms in total. The number of aromatic nitrogens is 3. The molecule has 0 saturated heterocycles. The minimum Gasteiger partial charge on any atom is -0.208 e. The largest absolute Gasteiger partial charge is 0.208 e. The van der Waals surface area contributed by atoms with Gasteiger partial charge in [-0.2, -0.15) is 0 Å². The van der Waals surface area contributed by atoms with Crippen LogP contribution in [0.5, 0.6) is 0 Å². The van der Waals surface area contributed by atoms with E-state index < -0.39 is 0 Å². The summed E-state index contributed by atoms with van der Waals surface area (Å²) < 4.78 is 0. The molecule has 0 amide bonds. The topological polar surface area (TPSA) is 38.7 Å². The molecule has 9 aromatic carbocycles. The van der Waals surface area contributed by atoms with Crippen LogP contribution in [-0.4, -0.2) is 15.0 Å². The van der Waals surface area contributed by atoms with Gasteiger partial charge in [0.25, 0.3) is 0 Å². The Labute approximate surface area is 351 Å². The second kappa shape index (κ2) is 16.5. The average Bonchev–Trinajstić information content (AvgIpc) is 3.35.